The largest absolute Gasteiger partial charge is 0.342 e. The third-order valence-electron chi connectivity index (χ3n) is 9.04. The van der Waals surface area contributed by atoms with Crippen molar-refractivity contribution in [3.8, 4) is 0 Å². The minimum atomic E-state index is -3.23. The number of sulfone groups is 1. The summed E-state index contributed by atoms with van der Waals surface area (Å²) in [7, 11) is -3.23. The number of halogens is 1. The van der Waals surface area contributed by atoms with E-state index < -0.39 is 9.84 Å². The highest BCUT2D eigenvalue weighted by atomic mass is 35.5. The van der Waals surface area contributed by atoms with Gasteiger partial charge in [-0.3, -0.25) is 9.59 Å². The summed E-state index contributed by atoms with van der Waals surface area (Å²) in [4.78, 5) is 33.7. The van der Waals surface area contributed by atoms with E-state index in [0.717, 1.165) is 88.9 Å². The van der Waals surface area contributed by atoms with Gasteiger partial charge in [0.25, 0.3) is 0 Å². The normalized spacial score (nSPS) is 20.4. The lowest BCUT2D eigenvalue weighted by atomic mass is 9.77. The maximum absolute atomic E-state index is 13.5. The maximum Gasteiger partial charge on any atom is 0.230 e. The van der Waals surface area contributed by atoms with Crippen molar-refractivity contribution in [1.82, 2.24) is 14.7 Å². The number of rotatable bonds is 8. The molecule has 3 aliphatic heterocycles. The highest BCUT2D eigenvalue weighted by molar-refractivity contribution is 7.90. The van der Waals surface area contributed by atoms with Gasteiger partial charge < -0.3 is 14.7 Å². The van der Waals surface area contributed by atoms with Gasteiger partial charge in [-0.1, -0.05) is 42.5 Å². The molecule has 218 valence electrons. The molecule has 0 radical (unpaired) electrons. The number of piperidine rings is 2. The first-order valence-corrected chi connectivity index (χ1v) is 16.3. The van der Waals surface area contributed by atoms with Crippen molar-refractivity contribution in [2.45, 2.75) is 62.3 Å². The molecule has 9 heteroatoms. The predicted octanol–water partition coefficient (Wildman–Crippen LogP) is 4.51. The average molecular weight is 588 g/mol. The van der Waals surface area contributed by atoms with Crippen molar-refractivity contribution in [1.29, 1.82) is 0 Å². The van der Waals surface area contributed by atoms with Gasteiger partial charge in [-0.15, -0.1) is 12.4 Å². The van der Waals surface area contributed by atoms with E-state index >= 15 is 0 Å². The fraction of sp³-hybridized carbons (Fsp3) is 0.548. The Morgan fingerprint density at radius 2 is 1.50 bits per heavy atom. The molecule has 1 atom stereocenters. The van der Waals surface area contributed by atoms with Crippen molar-refractivity contribution >= 4 is 34.1 Å². The van der Waals surface area contributed by atoms with Crippen LogP contribution in [0.5, 0.6) is 0 Å². The van der Waals surface area contributed by atoms with Crippen LogP contribution in [0.3, 0.4) is 0 Å². The monoisotopic (exact) mass is 587 g/mol. The molecule has 0 saturated carbocycles. The molecule has 0 N–H and O–H groups in total. The lowest BCUT2D eigenvalue weighted by Gasteiger charge is -2.38. The molecule has 3 fully saturated rings. The molecule has 40 heavy (non-hydrogen) atoms. The Bertz CT molecular complexity index is 1260. The van der Waals surface area contributed by atoms with Gasteiger partial charge in [-0.2, -0.15) is 0 Å². The van der Waals surface area contributed by atoms with Crippen LogP contribution in [-0.2, 0) is 26.0 Å². The van der Waals surface area contributed by atoms with Gasteiger partial charge in [-0.05, 0) is 87.8 Å². The third kappa shape index (κ3) is 6.89. The highest BCUT2D eigenvalue weighted by Crippen LogP contribution is 2.42. The molecule has 1 spiro atoms. The van der Waals surface area contributed by atoms with Crippen molar-refractivity contribution in [2.75, 3.05) is 45.5 Å². The fourth-order valence-corrected chi connectivity index (χ4v) is 7.17. The first-order valence-electron chi connectivity index (χ1n) is 14.4. The molecule has 0 aromatic heterocycles. The summed E-state index contributed by atoms with van der Waals surface area (Å²) in [6, 6.07) is 17.1. The SMILES string of the molecule is CS(=O)(=O)c1ccc(CN2CCC3(CCN(CCC(C(=O)N4CCCCC4)c4ccccc4)CC3)C2=O)cc1.Cl. The summed E-state index contributed by atoms with van der Waals surface area (Å²) >= 11 is 0. The lowest BCUT2D eigenvalue weighted by Crippen LogP contribution is -2.45. The Kier molecular flexibility index (Phi) is 9.96. The van der Waals surface area contributed by atoms with Crippen LogP contribution < -0.4 is 0 Å². The van der Waals surface area contributed by atoms with Gasteiger partial charge in [-0.25, -0.2) is 8.42 Å². The molecule has 3 heterocycles. The second kappa shape index (κ2) is 13.0. The van der Waals surface area contributed by atoms with Crippen LogP contribution >= 0.6 is 12.4 Å². The van der Waals surface area contributed by atoms with E-state index in [1.807, 2.05) is 35.2 Å². The Balaban J connectivity index is 0.00000370. The highest BCUT2D eigenvalue weighted by Gasteiger charge is 2.48. The summed E-state index contributed by atoms with van der Waals surface area (Å²) in [6.07, 6.45) is 7.99. The zero-order valence-corrected chi connectivity index (χ0v) is 25.1. The first-order chi connectivity index (χ1) is 18.7. The summed E-state index contributed by atoms with van der Waals surface area (Å²) in [6.45, 7) is 5.62. The zero-order valence-electron chi connectivity index (χ0n) is 23.5. The van der Waals surface area contributed by atoms with Crippen molar-refractivity contribution < 1.29 is 18.0 Å². The van der Waals surface area contributed by atoms with Gasteiger partial charge in [0, 0.05) is 32.4 Å². The Labute approximate surface area is 245 Å². The number of carbonyl (C=O) groups is 2. The predicted molar refractivity (Wildman–Crippen MR) is 159 cm³/mol. The van der Waals surface area contributed by atoms with Crippen LogP contribution in [0, 0.1) is 5.41 Å². The lowest BCUT2D eigenvalue weighted by molar-refractivity contribution is -0.138. The van der Waals surface area contributed by atoms with E-state index in [9.17, 15) is 18.0 Å². The van der Waals surface area contributed by atoms with Gasteiger partial charge in [0.15, 0.2) is 9.84 Å². The summed E-state index contributed by atoms with van der Waals surface area (Å²) in [5.74, 6) is 0.384. The Hall–Kier alpha value is -2.42. The molecule has 5 rings (SSSR count). The number of hydrogen-bond acceptors (Lipinski definition) is 5. The number of likely N-dealkylation sites (tertiary alicyclic amines) is 3. The topological polar surface area (TPSA) is 78.0 Å². The van der Waals surface area contributed by atoms with Crippen molar-refractivity contribution in [3.63, 3.8) is 0 Å². The van der Waals surface area contributed by atoms with Gasteiger partial charge in [0.05, 0.1) is 16.2 Å². The molecular formula is C31H42ClN3O4S. The quantitative estimate of drug-likeness (QED) is 0.454. The van der Waals surface area contributed by atoms with E-state index in [1.165, 1.54) is 12.7 Å². The molecule has 1 unspecified atom stereocenters. The Morgan fingerprint density at radius 1 is 0.875 bits per heavy atom. The minimum absolute atomic E-state index is 0. The van der Waals surface area contributed by atoms with Crippen LogP contribution in [0.25, 0.3) is 0 Å². The maximum atomic E-state index is 13.5. The van der Waals surface area contributed by atoms with Crippen LogP contribution in [0.4, 0.5) is 0 Å². The van der Waals surface area contributed by atoms with E-state index in [2.05, 4.69) is 21.9 Å². The van der Waals surface area contributed by atoms with E-state index in [4.69, 9.17) is 0 Å². The molecule has 2 aromatic rings. The zero-order chi connectivity index (χ0) is 27.5. The van der Waals surface area contributed by atoms with Crippen LogP contribution in [0.2, 0.25) is 0 Å². The standard InChI is InChI=1S/C31H41N3O4S.ClH/c1-39(37,38)27-12-10-25(11-13-27)24-34-23-17-31(30(34)36)15-21-32(22-16-31)20-14-28(26-8-4-2-5-9-26)29(35)33-18-6-3-7-19-33;/h2,4-5,8-13,28H,3,6-7,14-24H2,1H3;1H. The van der Waals surface area contributed by atoms with Crippen molar-refractivity contribution in [2.24, 2.45) is 5.41 Å². The molecule has 0 aliphatic carbocycles. The van der Waals surface area contributed by atoms with E-state index in [0.29, 0.717) is 11.4 Å². The second-order valence-corrected chi connectivity index (χ2v) is 13.7. The molecule has 7 nitrogen and oxygen atoms in total. The molecule has 3 aliphatic rings. The summed E-state index contributed by atoms with van der Waals surface area (Å²) in [5.41, 5.74) is 1.77. The number of nitrogens with zero attached hydrogens (tertiary/aromatic N) is 3. The van der Waals surface area contributed by atoms with Crippen LogP contribution in [0.1, 0.15) is 62.0 Å². The molecule has 3 saturated heterocycles. The van der Waals surface area contributed by atoms with E-state index in [-0.39, 0.29) is 35.6 Å². The number of benzene rings is 2. The number of carbonyl (C=O) groups excluding carboxylic acids is 2. The minimum Gasteiger partial charge on any atom is -0.342 e. The average Bonchev–Trinajstić information content (AvgIpc) is 3.24. The van der Waals surface area contributed by atoms with Crippen LogP contribution in [-0.4, -0.2) is 80.5 Å². The van der Waals surface area contributed by atoms with Gasteiger partial charge in [0.1, 0.15) is 0 Å². The molecule has 2 amide bonds. The number of hydrogen-bond donors (Lipinski definition) is 0. The third-order valence-corrected chi connectivity index (χ3v) is 10.2. The smallest absolute Gasteiger partial charge is 0.230 e. The van der Waals surface area contributed by atoms with Gasteiger partial charge >= 0.3 is 0 Å². The molecule has 0 bridgehead atoms. The Morgan fingerprint density at radius 3 is 2.12 bits per heavy atom. The summed E-state index contributed by atoms with van der Waals surface area (Å²) in [5, 5.41) is 0. The van der Waals surface area contributed by atoms with E-state index in [1.54, 1.807) is 12.1 Å². The molecular weight excluding hydrogens is 546 g/mol. The fourth-order valence-electron chi connectivity index (χ4n) is 6.54. The second-order valence-electron chi connectivity index (χ2n) is 11.7. The van der Waals surface area contributed by atoms with Crippen LogP contribution in [0.15, 0.2) is 59.5 Å². The van der Waals surface area contributed by atoms with Crippen molar-refractivity contribution in [3.05, 3.63) is 65.7 Å². The number of amides is 2. The molecule has 2 aromatic carbocycles. The van der Waals surface area contributed by atoms with Gasteiger partial charge in [0.2, 0.25) is 11.8 Å². The summed E-state index contributed by atoms with van der Waals surface area (Å²) < 4.78 is 23.5. The first kappa shape index (κ1) is 30.5.